The van der Waals surface area contributed by atoms with Crippen molar-refractivity contribution in [2.45, 2.75) is 37.9 Å². The van der Waals surface area contributed by atoms with Crippen molar-refractivity contribution in [1.82, 2.24) is 0 Å². The molecule has 0 aromatic rings. The molecular weight excluding hydrogens is 148 g/mol. The second-order valence-corrected chi connectivity index (χ2v) is 2.80. The van der Waals surface area contributed by atoms with Gasteiger partial charge in [-0.15, -0.1) is 0 Å². The average molecular weight is 162 g/mol. The lowest BCUT2D eigenvalue weighted by molar-refractivity contribution is -0.231. The van der Waals surface area contributed by atoms with Gasteiger partial charge in [-0.2, -0.15) is 0 Å². The maximum Gasteiger partial charge on any atom is 0.157 e. The lowest BCUT2D eigenvalue weighted by atomic mass is 10.0. The van der Waals surface area contributed by atoms with Gasteiger partial charge in [0.25, 0.3) is 0 Å². The van der Waals surface area contributed by atoms with E-state index in [0.29, 0.717) is 6.42 Å². The van der Waals surface area contributed by atoms with Crippen LogP contribution in [0.1, 0.15) is 13.3 Å². The molecule has 1 aliphatic heterocycles. The minimum Gasteiger partial charge on any atom is -0.388 e. The quantitative estimate of drug-likeness (QED) is 0.545. The van der Waals surface area contributed by atoms with Gasteiger partial charge in [0, 0.05) is 13.5 Å². The van der Waals surface area contributed by atoms with Crippen molar-refractivity contribution in [2.24, 2.45) is 0 Å². The van der Waals surface area contributed by atoms with Gasteiger partial charge in [0.2, 0.25) is 0 Å². The molecule has 1 unspecified atom stereocenters. The number of rotatable bonds is 1. The third kappa shape index (κ3) is 1.90. The first-order valence-corrected chi connectivity index (χ1v) is 3.69. The normalized spacial score (nSPS) is 45.8. The van der Waals surface area contributed by atoms with E-state index in [1.54, 1.807) is 6.92 Å². The van der Waals surface area contributed by atoms with Crippen LogP contribution in [0.5, 0.6) is 0 Å². The summed E-state index contributed by atoms with van der Waals surface area (Å²) in [5.74, 6) is 0. The second-order valence-electron chi connectivity index (χ2n) is 2.80. The van der Waals surface area contributed by atoms with Crippen molar-refractivity contribution in [1.29, 1.82) is 0 Å². The fourth-order valence-corrected chi connectivity index (χ4v) is 1.26. The molecule has 66 valence electrons. The largest absolute Gasteiger partial charge is 0.388 e. The van der Waals surface area contributed by atoms with E-state index in [1.807, 2.05) is 0 Å². The Hall–Kier alpha value is -0.160. The first kappa shape index (κ1) is 8.93. The zero-order valence-electron chi connectivity index (χ0n) is 6.73. The molecule has 2 N–H and O–H groups in total. The molecule has 0 aromatic heterocycles. The molecule has 11 heavy (non-hydrogen) atoms. The molecule has 1 rings (SSSR count). The Labute approximate surface area is 65.7 Å². The van der Waals surface area contributed by atoms with Gasteiger partial charge in [0.05, 0.1) is 12.2 Å². The Morgan fingerprint density at radius 1 is 1.45 bits per heavy atom. The molecule has 0 amide bonds. The number of aliphatic hydroxyl groups excluding tert-OH is 2. The molecule has 0 saturated carbocycles. The van der Waals surface area contributed by atoms with E-state index in [1.165, 1.54) is 7.11 Å². The summed E-state index contributed by atoms with van der Waals surface area (Å²) in [4.78, 5) is 0. The Bertz CT molecular complexity index is 128. The van der Waals surface area contributed by atoms with Crippen molar-refractivity contribution in [3.63, 3.8) is 0 Å². The Balaban J connectivity index is 2.51. The van der Waals surface area contributed by atoms with Crippen LogP contribution >= 0.6 is 0 Å². The molecule has 4 heteroatoms. The summed E-state index contributed by atoms with van der Waals surface area (Å²) in [5.41, 5.74) is 0. The zero-order valence-corrected chi connectivity index (χ0v) is 6.73. The van der Waals surface area contributed by atoms with Crippen molar-refractivity contribution >= 4 is 0 Å². The lowest BCUT2D eigenvalue weighted by Gasteiger charge is -2.34. The number of ether oxygens (including phenoxy) is 2. The van der Waals surface area contributed by atoms with E-state index < -0.39 is 12.4 Å². The van der Waals surface area contributed by atoms with Crippen molar-refractivity contribution in [2.75, 3.05) is 7.11 Å². The molecule has 1 saturated heterocycles. The highest BCUT2D eigenvalue weighted by atomic mass is 16.6. The van der Waals surface area contributed by atoms with Gasteiger partial charge in [-0.05, 0) is 6.92 Å². The third-order valence-electron chi connectivity index (χ3n) is 1.97. The fourth-order valence-electron chi connectivity index (χ4n) is 1.26. The number of aliphatic hydroxyl groups is 2. The van der Waals surface area contributed by atoms with E-state index in [9.17, 15) is 5.11 Å². The smallest absolute Gasteiger partial charge is 0.157 e. The Morgan fingerprint density at radius 2 is 2.09 bits per heavy atom. The standard InChI is InChI=1S/C7H14O4/c1-4-7(9)5(10-2)3-6(8)11-4/h4-9H,3H2,1-2H3/t4?,5-,6+,7-/m1/s1. The highest BCUT2D eigenvalue weighted by Crippen LogP contribution is 2.20. The maximum absolute atomic E-state index is 9.39. The van der Waals surface area contributed by atoms with Gasteiger partial charge in [0.1, 0.15) is 6.10 Å². The molecule has 0 aromatic carbocycles. The topological polar surface area (TPSA) is 58.9 Å². The molecule has 1 aliphatic rings. The van der Waals surface area contributed by atoms with Gasteiger partial charge < -0.3 is 19.7 Å². The molecule has 4 nitrogen and oxygen atoms in total. The lowest BCUT2D eigenvalue weighted by Crippen LogP contribution is -2.47. The van der Waals surface area contributed by atoms with E-state index >= 15 is 0 Å². The molecule has 4 atom stereocenters. The number of hydrogen-bond donors (Lipinski definition) is 2. The van der Waals surface area contributed by atoms with Crippen LogP contribution in [-0.2, 0) is 9.47 Å². The maximum atomic E-state index is 9.39. The monoisotopic (exact) mass is 162 g/mol. The number of methoxy groups -OCH3 is 1. The summed E-state index contributed by atoms with van der Waals surface area (Å²) < 4.78 is 9.91. The third-order valence-corrected chi connectivity index (χ3v) is 1.97. The average Bonchev–Trinajstić information content (AvgIpc) is 1.96. The van der Waals surface area contributed by atoms with E-state index in [2.05, 4.69) is 0 Å². The van der Waals surface area contributed by atoms with Crippen LogP contribution in [-0.4, -0.2) is 41.9 Å². The van der Waals surface area contributed by atoms with Gasteiger partial charge >= 0.3 is 0 Å². The SMILES string of the molecule is CO[C@@H]1C[C@@H](O)OC(C)[C@H]1O. The van der Waals surface area contributed by atoms with E-state index in [0.717, 1.165) is 0 Å². The summed E-state index contributed by atoms with van der Waals surface area (Å²) >= 11 is 0. The van der Waals surface area contributed by atoms with Gasteiger partial charge in [-0.1, -0.05) is 0 Å². The highest BCUT2D eigenvalue weighted by molar-refractivity contribution is 4.80. The Kier molecular flexibility index (Phi) is 2.84. The molecule has 1 fully saturated rings. The van der Waals surface area contributed by atoms with Crippen molar-refractivity contribution in [3.05, 3.63) is 0 Å². The van der Waals surface area contributed by atoms with Crippen LogP contribution in [0.2, 0.25) is 0 Å². The first-order chi connectivity index (χ1) is 5.15. The van der Waals surface area contributed by atoms with E-state index in [-0.39, 0.29) is 12.2 Å². The molecule has 0 bridgehead atoms. The van der Waals surface area contributed by atoms with Gasteiger partial charge in [-0.25, -0.2) is 0 Å². The predicted molar refractivity (Wildman–Crippen MR) is 38.0 cm³/mol. The van der Waals surface area contributed by atoms with Crippen molar-refractivity contribution in [3.8, 4) is 0 Å². The van der Waals surface area contributed by atoms with Gasteiger partial charge in [-0.3, -0.25) is 0 Å². The fraction of sp³-hybridized carbons (Fsp3) is 1.00. The molecule has 0 spiro atoms. The highest BCUT2D eigenvalue weighted by Gasteiger charge is 2.34. The minimum atomic E-state index is -0.807. The summed E-state index contributed by atoms with van der Waals surface area (Å²) in [6.07, 6.45) is -1.78. The van der Waals surface area contributed by atoms with Crippen LogP contribution in [0.25, 0.3) is 0 Å². The summed E-state index contributed by atoms with van der Waals surface area (Å²) in [6, 6.07) is 0. The van der Waals surface area contributed by atoms with Crippen LogP contribution in [0, 0.1) is 0 Å². The molecular formula is C7H14O4. The number of hydrogen-bond acceptors (Lipinski definition) is 4. The predicted octanol–water partition coefficient (Wildman–Crippen LogP) is -0.510. The minimum absolute atomic E-state index is 0.311. The summed E-state index contributed by atoms with van der Waals surface area (Å²) in [7, 11) is 1.51. The van der Waals surface area contributed by atoms with Crippen LogP contribution < -0.4 is 0 Å². The van der Waals surface area contributed by atoms with Crippen LogP contribution in [0.15, 0.2) is 0 Å². The van der Waals surface area contributed by atoms with Crippen LogP contribution in [0.3, 0.4) is 0 Å². The van der Waals surface area contributed by atoms with Crippen molar-refractivity contribution < 1.29 is 19.7 Å². The second kappa shape index (κ2) is 3.49. The van der Waals surface area contributed by atoms with E-state index in [4.69, 9.17) is 14.6 Å². The first-order valence-electron chi connectivity index (χ1n) is 3.69. The Morgan fingerprint density at radius 3 is 2.64 bits per heavy atom. The van der Waals surface area contributed by atoms with Gasteiger partial charge in [0.15, 0.2) is 6.29 Å². The summed E-state index contributed by atoms with van der Waals surface area (Å²) in [5, 5.41) is 18.5. The zero-order chi connectivity index (χ0) is 8.43. The molecule has 1 heterocycles. The summed E-state index contributed by atoms with van der Waals surface area (Å²) in [6.45, 7) is 1.71. The molecule has 0 aliphatic carbocycles. The van der Waals surface area contributed by atoms with Crippen LogP contribution in [0.4, 0.5) is 0 Å². The molecule has 0 radical (unpaired) electrons.